The summed E-state index contributed by atoms with van der Waals surface area (Å²) < 4.78 is 2.68. The fourth-order valence-corrected chi connectivity index (χ4v) is 2.66. The molecule has 2 aromatic rings. The van der Waals surface area contributed by atoms with Gasteiger partial charge >= 0.3 is 5.69 Å². The second kappa shape index (κ2) is 5.51. The molecule has 0 radical (unpaired) electrons. The van der Waals surface area contributed by atoms with Crippen molar-refractivity contribution >= 4 is 5.91 Å². The van der Waals surface area contributed by atoms with Gasteiger partial charge in [0.1, 0.15) is 0 Å². The Labute approximate surface area is 121 Å². The minimum Gasteiger partial charge on any atom is -0.341 e. The summed E-state index contributed by atoms with van der Waals surface area (Å²) in [6.07, 6.45) is 1.70. The molecule has 1 fully saturated rings. The van der Waals surface area contributed by atoms with Crippen LogP contribution in [0.2, 0.25) is 0 Å². The standard InChI is InChI=1S/C14H17N5O2/c1-11(20)17-9-5-8-13(10-17)19-14(21)18(15-16-19)12-6-3-2-4-7-12/h2-4,6-7,13H,5,8-10H2,1H3. The van der Waals surface area contributed by atoms with Gasteiger partial charge < -0.3 is 4.90 Å². The predicted octanol–water partition coefficient (Wildman–Crippen LogP) is 0.612. The molecule has 1 amide bonds. The molecule has 1 atom stereocenters. The first-order valence-electron chi connectivity index (χ1n) is 7.02. The molecule has 2 heterocycles. The summed E-state index contributed by atoms with van der Waals surface area (Å²) in [7, 11) is 0. The summed E-state index contributed by atoms with van der Waals surface area (Å²) in [6.45, 7) is 2.81. The summed E-state index contributed by atoms with van der Waals surface area (Å²) in [6, 6.07) is 9.09. The van der Waals surface area contributed by atoms with Crippen LogP contribution in [0.25, 0.3) is 5.69 Å². The minimum atomic E-state index is -0.267. The van der Waals surface area contributed by atoms with Crippen molar-refractivity contribution < 1.29 is 4.79 Å². The lowest BCUT2D eigenvalue weighted by molar-refractivity contribution is -0.130. The van der Waals surface area contributed by atoms with Crippen molar-refractivity contribution in [1.29, 1.82) is 0 Å². The van der Waals surface area contributed by atoms with Crippen LogP contribution in [0.3, 0.4) is 0 Å². The second-order valence-electron chi connectivity index (χ2n) is 5.21. The largest absolute Gasteiger partial charge is 0.368 e. The maximum absolute atomic E-state index is 12.4. The Bertz CT molecular complexity index is 691. The average Bonchev–Trinajstić information content (AvgIpc) is 2.90. The van der Waals surface area contributed by atoms with Gasteiger partial charge in [0.25, 0.3) is 0 Å². The molecule has 3 rings (SSSR count). The monoisotopic (exact) mass is 287 g/mol. The number of hydrogen-bond donors (Lipinski definition) is 0. The minimum absolute atomic E-state index is 0.0307. The van der Waals surface area contributed by atoms with Crippen molar-refractivity contribution in [2.75, 3.05) is 13.1 Å². The van der Waals surface area contributed by atoms with Gasteiger partial charge in [-0.25, -0.2) is 4.79 Å². The van der Waals surface area contributed by atoms with Crippen molar-refractivity contribution in [2.45, 2.75) is 25.8 Å². The lowest BCUT2D eigenvalue weighted by atomic mass is 10.1. The number of benzene rings is 1. The molecule has 0 aliphatic carbocycles. The van der Waals surface area contributed by atoms with E-state index in [4.69, 9.17) is 0 Å². The normalized spacial score (nSPS) is 18.7. The van der Waals surface area contributed by atoms with Crippen LogP contribution in [0.15, 0.2) is 35.1 Å². The van der Waals surface area contributed by atoms with Crippen LogP contribution in [0.5, 0.6) is 0 Å². The molecule has 1 aromatic carbocycles. The van der Waals surface area contributed by atoms with Gasteiger partial charge in [-0.1, -0.05) is 18.2 Å². The molecule has 0 N–H and O–H groups in total. The summed E-state index contributed by atoms with van der Waals surface area (Å²) in [5.41, 5.74) is 0.421. The highest BCUT2D eigenvalue weighted by atomic mass is 16.2. The lowest BCUT2D eigenvalue weighted by Gasteiger charge is -2.31. The van der Waals surface area contributed by atoms with E-state index in [1.807, 2.05) is 30.3 Å². The van der Waals surface area contributed by atoms with Crippen molar-refractivity contribution in [3.8, 4) is 5.69 Å². The summed E-state index contributed by atoms with van der Waals surface area (Å²) in [5.74, 6) is 0.0307. The van der Waals surface area contributed by atoms with Gasteiger partial charge in [0, 0.05) is 20.0 Å². The molecule has 1 aliphatic heterocycles. The van der Waals surface area contributed by atoms with Gasteiger partial charge in [0.2, 0.25) is 5.91 Å². The maximum Gasteiger partial charge on any atom is 0.368 e. The van der Waals surface area contributed by atoms with E-state index in [2.05, 4.69) is 10.4 Å². The van der Waals surface area contributed by atoms with Gasteiger partial charge in [0.15, 0.2) is 0 Å². The number of nitrogens with zero attached hydrogens (tertiary/aromatic N) is 5. The zero-order valence-electron chi connectivity index (χ0n) is 11.8. The van der Waals surface area contributed by atoms with E-state index in [-0.39, 0.29) is 17.6 Å². The van der Waals surface area contributed by atoms with E-state index < -0.39 is 0 Å². The van der Waals surface area contributed by atoms with E-state index in [9.17, 15) is 9.59 Å². The number of piperidine rings is 1. The van der Waals surface area contributed by atoms with Crippen LogP contribution in [0, 0.1) is 0 Å². The van der Waals surface area contributed by atoms with Crippen molar-refractivity contribution in [3.05, 3.63) is 40.8 Å². The highest BCUT2D eigenvalue weighted by molar-refractivity contribution is 5.73. The van der Waals surface area contributed by atoms with Gasteiger partial charge in [-0.05, 0) is 35.4 Å². The summed E-state index contributed by atoms with van der Waals surface area (Å²) in [4.78, 5) is 25.7. The van der Waals surface area contributed by atoms with Crippen LogP contribution in [0.1, 0.15) is 25.8 Å². The average molecular weight is 287 g/mol. The van der Waals surface area contributed by atoms with Crippen molar-refractivity contribution in [3.63, 3.8) is 0 Å². The van der Waals surface area contributed by atoms with Crippen molar-refractivity contribution in [2.24, 2.45) is 0 Å². The maximum atomic E-state index is 12.4. The Kier molecular flexibility index (Phi) is 3.55. The van der Waals surface area contributed by atoms with Gasteiger partial charge in [0.05, 0.1) is 11.7 Å². The molecule has 0 bridgehead atoms. The van der Waals surface area contributed by atoms with E-state index in [0.29, 0.717) is 12.2 Å². The van der Waals surface area contributed by atoms with Crippen LogP contribution in [0.4, 0.5) is 0 Å². The van der Waals surface area contributed by atoms with E-state index in [1.54, 1.807) is 11.8 Å². The Balaban J connectivity index is 1.89. The number of likely N-dealkylation sites (tertiary alicyclic amines) is 1. The van der Waals surface area contributed by atoms with Crippen LogP contribution in [-0.2, 0) is 4.79 Å². The van der Waals surface area contributed by atoms with Gasteiger partial charge in [-0.2, -0.15) is 9.36 Å². The smallest absolute Gasteiger partial charge is 0.341 e. The third-order valence-electron chi connectivity index (χ3n) is 3.79. The van der Waals surface area contributed by atoms with Gasteiger partial charge in [-0.3, -0.25) is 4.79 Å². The van der Waals surface area contributed by atoms with Crippen LogP contribution >= 0.6 is 0 Å². The topological polar surface area (TPSA) is 73.0 Å². The van der Waals surface area contributed by atoms with E-state index >= 15 is 0 Å². The first-order chi connectivity index (χ1) is 10.2. The van der Waals surface area contributed by atoms with Crippen LogP contribution < -0.4 is 5.69 Å². The Hall–Kier alpha value is -2.44. The Morgan fingerprint density at radius 2 is 2.00 bits per heavy atom. The number of carbonyl (C=O) groups is 1. The number of amides is 1. The first kappa shape index (κ1) is 13.5. The molecular formula is C14H17N5O2. The zero-order valence-corrected chi connectivity index (χ0v) is 11.8. The predicted molar refractivity (Wildman–Crippen MR) is 76.1 cm³/mol. The Morgan fingerprint density at radius 1 is 1.24 bits per heavy atom. The number of carbonyl (C=O) groups excluding carboxylic acids is 1. The zero-order chi connectivity index (χ0) is 14.8. The second-order valence-corrected chi connectivity index (χ2v) is 5.21. The number of para-hydroxylation sites is 1. The Morgan fingerprint density at radius 3 is 2.71 bits per heavy atom. The first-order valence-corrected chi connectivity index (χ1v) is 7.02. The molecule has 0 saturated carbocycles. The third-order valence-corrected chi connectivity index (χ3v) is 3.79. The molecule has 21 heavy (non-hydrogen) atoms. The molecule has 7 nitrogen and oxygen atoms in total. The summed E-state index contributed by atoms with van der Waals surface area (Å²) >= 11 is 0. The fraction of sp³-hybridized carbons (Fsp3) is 0.429. The van der Waals surface area contributed by atoms with Crippen molar-refractivity contribution in [1.82, 2.24) is 24.7 Å². The molecule has 7 heteroatoms. The highest BCUT2D eigenvalue weighted by Gasteiger charge is 2.26. The highest BCUT2D eigenvalue weighted by Crippen LogP contribution is 2.19. The molecule has 1 aromatic heterocycles. The van der Waals surface area contributed by atoms with E-state index in [1.165, 1.54) is 9.36 Å². The molecule has 1 saturated heterocycles. The fourth-order valence-electron chi connectivity index (χ4n) is 2.66. The summed E-state index contributed by atoms with van der Waals surface area (Å²) in [5, 5.41) is 7.93. The molecule has 110 valence electrons. The number of rotatable bonds is 2. The molecular weight excluding hydrogens is 270 g/mol. The molecule has 1 aliphatic rings. The van der Waals surface area contributed by atoms with Crippen LogP contribution in [-0.4, -0.2) is 43.7 Å². The molecule has 1 unspecified atom stereocenters. The quantitative estimate of drug-likeness (QED) is 0.811. The lowest BCUT2D eigenvalue weighted by Crippen LogP contribution is -2.42. The number of tetrazole rings is 1. The third kappa shape index (κ3) is 2.58. The molecule has 0 spiro atoms. The SMILES string of the molecule is CC(=O)N1CCCC(n2nnn(-c3ccccc3)c2=O)C1. The van der Waals surface area contributed by atoms with Gasteiger partial charge in [-0.15, -0.1) is 0 Å². The van der Waals surface area contributed by atoms with E-state index in [0.717, 1.165) is 19.4 Å². The number of hydrogen-bond acceptors (Lipinski definition) is 4. The number of aromatic nitrogens is 4.